The van der Waals surface area contributed by atoms with E-state index in [2.05, 4.69) is 4.98 Å². The molecule has 33 heavy (non-hydrogen) atoms. The van der Waals surface area contributed by atoms with Gasteiger partial charge in [-0.15, -0.1) is 11.3 Å². The van der Waals surface area contributed by atoms with Crippen molar-refractivity contribution < 1.29 is 14.3 Å². The van der Waals surface area contributed by atoms with E-state index in [4.69, 9.17) is 21.6 Å². The first-order chi connectivity index (χ1) is 16.1. The van der Waals surface area contributed by atoms with Crippen molar-refractivity contribution in [2.45, 2.75) is 6.42 Å². The van der Waals surface area contributed by atoms with Crippen molar-refractivity contribution in [3.63, 3.8) is 0 Å². The average molecular weight is 476 g/mol. The number of halogens is 1. The molecule has 0 radical (unpaired) electrons. The SMILES string of the molecule is N#CCCN(C(=O)COC(=O)c1cc(-c2ccc(Cl)s2)nc2ccccc12)c1ccccc1. The Labute approximate surface area is 199 Å². The normalized spacial score (nSPS) is 10.5. The summed E-state index contributed by atoms with van der Waals surface area (Å²) in [5, 5.41) is 9.58. The molecule has 0 bridgehead atoms. The lowest BCUT2D eigenvalue weighted by Crippen LogP contribution is -2.35. The largest absolute Gasteiger partial charge is 0.452 e. The lowest BCUT2D eigenvalue weighted by molar-refractivity contribution is -0.121. The number of benzene rings is 2. The van der Waals surface area contributed by atoms with Gasteiger partial charge in [0.2, 0.25) is 0 Å². The molecule has 0 saturated heterocycles. The predicted octanol–water partition coefficient (Wildman–Crippen LogP) is 5.72. The van der Waals surface area contributed by atoms with Gasteiger partial charge in [-0.2, -0.15) is 5.26 Å². The van der Waals surface area contributed by atoms with E-state index < -0.39 is 18.5 Å². The number of pyridine rings is 1. The Morgan fingerprint density at radius 3 is 2.55 bits per heavy atom. The maximum Gasteiger partial charge on any atom is 0.339 e. The lowest BCUT2D eigenvalue weighted by Gasteiger charge is -2.21. The monoisotopic (exact) mass is 475 g/mol. The molecule has 164 valence electrons. The second-order valence-corrected chi connectivity index (χ2v) is 8.76. The van der Waals surface area contributed by atoms with Gasteiger partial charge in [0.15, 0.2) is 6.61 Å². The zero-order chi connectivity index (χ0) is 23.2. The van der Waals surface area contributed by atoms with Gasteiger partial charge in [0.05, 0.1) is 38.5 Å². The number of carbonyl (C=O) groups is 2. The zero-order valence-corrected chi connectivity index (χ0v) is 19.0. The van der Waals surface area contributed by atoms with Crippen LogP contribution < -0.4 is 4.90 Å². The Bertz CT molecular complexity index is 1350. The van der Waals surface area contributed by atoms with Crippen LogP contribution in [0.15, 0.2) is 72.8 Å². The van der Waals surface area contributed by atoms with Gasteiger partial charge in [-0.25, -0.2) is 9.78 Å². The molecule has 0 N–H and O–H groups in total. The topological polar surface area (TPSA) is 83.3 Å². The van der Waals surface area contributed by atoms with Crippen LogP contribution >= 0.6 is 22.9 Å². The van der Waals surface area contributed by atoms with Crippen LogP contribution in [-0.2, 0) is 9.53 Å². The van der Waals surface area contributed by atoms with Crippen molar-refractivity contribution in [2.75, 3.05) is 18.1 Å². The number of ether oxygens (including phenoxy) is 1. The second-order valence-electron chi connectivity index (χ2n) is 7.04. The molecule has 0 fully saturated rings. The Balaban J connectivity index is 1.58. The molecule has 2 aromatic carbocycles. The van der Waals surface area contributed by atoms with Crippen LogP contribution in [0.3, 0.4) is 0 Å². The van der Waals surface area contributed by atoms with Crippen molar-refractivity contribution in [1.29, 1.82) is 5.26 Å². The highest BCUT2D eigenvalue weighted by Gasteiger charge is 2.20. The third kappa shape index (κ3) is 5.20. The summed E-state index contributed by atoms with van der Waals surface area (Å²) in [6.45, 7) is -0.242. The van der Waals surface area contributed by atoms with Crippen LogP contribution in [0.4, 0.5) is 5.69 Å². The molecule has 0 atom stereocenters. The molecule has 2 aromatic heterocycles. The number of nitriles is 1. The standard InChI is InChI=1S/C25H18ClN3O3S/c26-23-12-11-22(33-23)21-15-19(18-9-4-5-10-20(18)28-21)25(31)32-16-24(30)29(14-6-13-27)17-7-2-1-3-8-17/h1-5,7-12,15H,6,14,16H2. The quantitative estimate of drug-likeness (QED) is 0.319. The molecule has 4 aromatic rings. The van der Waals surface area contributed by atoms with E-state index in [0.717, 1.165) is 4.88 Å². The predicted molar refractivity (Wildman–Crippen MR) is 129 cm³/mol. The van der Waals surface area contributed by atoms with Crippen LogP contribution in [0.25, 0.3) is 21.5 Å². The van der Waals surface area contributed by atoms with E-state index in [-0.39, 0.29) is 13.0 Å². The summed E-state index contributed by atoms with van der Waals surface area (Å²) in [5.41, 5.74) is 2.19. The van der Waals surface area contributed by atoms with Gasteiger partial charge in [-0.1, -0.05) is 48.0 Å². The molecule has 4 rings (SSSR count). The third-order valence-corrected chi connectivity index (χ3v) is 6.16. The number of para-hydroxylation sites is 2. The van der Waals surface area contributed by atoms with Gasteiger partial charge in [-0.05, 0) is 36.4 Å². The molecule has 8 heteroatoms. The molecule has 0 aliphatic heterocycles. The number of anilines is 1. The highest BCUT2D eigenvalue weighted by Crippen LogP contribution is 2.32. The molecule has 2 heterocycles. The van der Waals surface area contributed by atoms with E-state index in [1.165, 1.54) is 16.2 Å². The summed E-state index contributed by atoms with van der Waals surface area (Å²) in [6.07, 6.45) is 0.163. The van der Waals surface area contributed by atoms with E-state index in [1.807, 2.05) is 36.4 Å². The lowest BCUT2D eigenvalue weighted by atomic mass is 10.1. The molecule has 0 unspecified atom stereocenters. The van der Waals surface area contributed by atoms with E-state index >= 15 is 0 Å². The molecule has 0 saturated carbocycles. The van der Waals surface area contributed by atoms with Crippen LogP contribution in [0.1, 0.15) is 16.8 Å². The fraction of sp³-hybridized carbons (Fsp3) is 0.120. The Morgan fingerprint density at radius 2 is 1.82 bits per heavy atom. The van der Waals surface area contributed by atoms with Crippen LogP contribution in [0.5, 0.6) is 0 Å². The second kappa shape index (κ2) is 10.3. The van der Waals surface area contributed by atoms with Gasteiger partial charge >= 0.3 is 5.97 Å². The first kappa shape index (κ1) is 22.5. The average Bonchev–Trinajstić information content (AvgIpc) is 3.29. The first-order valence-corrected chi connectivity index (χ1v) is 11.3. The van der Waals surface area contributed by atoms with E-state index in [9.17, 15) is 9.59 Å². The van der Waals surface area contributed by atoms with Crippen molar-refractivity contribution in [3.05, 3.63) is 82.7 Å². The fourth-order valence-corrected chi connectivity index (χ4v) is 4.38. The number of aromatic nitrogens is 1. The van der Waals surface area contributed by atoms with Gasteiger partial charge in [0, 0.05) is 17.6 Å². The fourth-order valence-electron chi connectivity index (χ4n) is 3.37. The number of rotatable bonds is 7. The molecule has 6 nitrogen and oxygen atoms in total. The minimum absolute atomic E-state index is 0.163. The van der Waals surface area contributed by atoms with Crippen molar-refractivity contribution in [3.8, 4) is 16.6 Å². The highest BCUT2D eigenvalue weighted by molar-refractivity contribution is 7.19. The molecule has 1 amide bonds. The number of fused-ring (bicyclic) bond motifs is 1. The third-order valence-electron chi connectivity index (χ3n) is 4.90. The molecule has 0 spiro atoms. The molecule has 0 aliphatic rings. The van der Waals surface area contributed by atoms with Gasteiger partial charge in [-0.3, -0.25) is 4.79 Å². The zero-order valence-electron chi connectivity index (χ0n) is 17.4. The van der Waals surface area contributed by atoms with E-state index in [1.54, 1.807) is 42.5 Å². The first-order valence-electron chi connectivity index (χ1n) is 10.1. The van der Waals surface area contributed by atoms with Crippen LogP contribution in [-0.4, -0.2) is 30.0 Å². The number of amides is 1. The van der Waals surface area contributed by atoms with Gasteiger partial charge < -0.3 is 9.64 Å². The van der Waals surface area contributed by atoms with Crippen LogP contribution in [0, 0.1) is 11.3 Å². The Kier molecular flexibility index (Phi) is 6.98. The maximum atomic E-state index is 13.0. The molecular weight excluding hydrogens is 458 g/mol. The summed E-state index contributed by atoms with van der Waals surface area (Å²) in [5.74, 6) is -1.03. The van der Waals surface area contributed by atoms with Crippen molar-refractivity contribution in [1.82, 2.24) is 4.98 Å². The highest BCUT2D eigenvalue weighted by atomic mass is 35.5. The summed E-state index contributed by atoms with van der Waals surface area (Å²) < 4.78 is 6.03. The number of hydrogen-bond acceptors (Lipinski definition) is 6. The van der Waals surface area contributed by atoms with Crippen LogP contribution in [0.2, 0.25) is 4.34 Å². The Hall–Kier alpha value is -3.73. The minimum atomic E-state index is -0.626. The summed E-state index contributed by atoms with van der Waals surface area (Å²) in [6, 6.07) is 23.5. The number of hydrogen-bond donors (Lipinski definition) is 0. The minimum Gasteiger partial charge on any atom is -0.452 e. The number of nitrogens with zero attached hydrogens (tertiary/aromatic N) is 3. The van der Waals surface area contributed by atoms with Gasteiger partial charge in [0.1, 0.15) is 0 Å². The molecular formula is C25H18ClN3O3S. The molecule has 0 aliphatic carbocycles. The summed E-state index contributed by atoms with van der Waals surface area (Å²) >= 11 is 7.43. The van der Waals surface area contributed by atoms with Crippen molar-refractivity contribution in [2.24, 2.45) is 0 Å². The maximum absolute atomic E-state index is 13.0. The summed E-state index contributed by atoms with van der Waals surface area (Å²) in [4.78, 5) is 32.8. The number of thiophene rings is 1. The Morgan fingerprint density at radius 1 is 1.06 bits per heavy atom. The number of esters is 1. The van der Waals surface area contributed by atoms with Gasteiger partial charge in [0.25, 0.3) is 5.91 Å². The number of carbonyl (C=O) groups excluding carboxylic acids is 2. The smallest absolute Gasteiger partial charge is 0.339 e. The van der Waals surface area contributed by atoms with Crippen molar-refractivity contribution >= 4 is 51.4 Å². The van der Waals surface area contributed by atoms with E-state index in [0.29, 0.717) is 32.2 Å². The summed E-state index contributed by atoms with van der Waals surface area (Å²) in [7, 11) is 0.